The predicted molar refractivity (Wildman–Crippen MR) is 144 cm³/mol. The molecule has 226 valence electrons. The molecule has 2 heterocycles. The number of amides is 1. The summed E-state index contributed by atoms with van der Waals surface area (Å²) in [5, 5.41) is 11.5. The normalized spacial score (nSPS) is 12.5. The summed E-state index contributed by atoms with van der Waals surface area (Å²) in [6, 6.07) is 14.0. The Morgan fingerprint density at radius 1 is 1.09 bits per heavy atom. The van der Waals surface area contributed by atoms with Crippen molar-refractivity contribution in [3.63, 3.8) is 0 Å². The molecule has 4 aromatic rings. The van der Waals surface area contributed by atoms with Crippen LogP contribution >= 0.6 is 0 Å². The van der Waals surface area contributed by atoms with Crippen LogP contribution in [0, 0.1) is 0 Å². The highest BCUT2D eigenvalue weighted by molar-refractivity contribution is 7.91. The van der Waals surface area contributed by atoms with Crippen LogP contribution in [0.15, 0.2) is 65.7 Å². The minimum Gasteiger partial charge on any atom is -0.478 e. The summed E-state index contributed by atoms with van der Waals surface area (Å²) < 4.78 is 71.7. The van der Waals surface area contributed by atoms with Crippen LogP contribution in [0.5, 0.6) is 11.5 Å². The zero-order valence-corrected chi connectivity index (χ0v) is 23.0. The maximum absolute atomic E-state index is 12.5. The number of imidazole rings is 1. The monoisotopic (exact) mass is 620 g/mol. The van der Waals surface area contributed by atoms with Crippen LogP contribution in [0.4, 0.5) is 13.2 Å². The molecule has 0 saturated carbocycles. The van der Waals surface area contributed by atoms with Crippen LogP contribution < -0.4 is 10.1 Å². The molecule has 16 heteroatoms. The van der Waals surface area contributed by atoms with Gasteiger partial charge in [0, 0.05) is 24.4 Å². The number of sulfone groups is 1. The van der Waals surface area contributed by atoms with E-state index in [1.165, 1.54) is 31.2 Å². The molecule has 0 aliphatic rings. The largest absolute Gasteiger partial charge is 0.490 e. The molecule has 0 fully saturated rings. The highest BCUT2D eigenvalue weighted by Gasteiger charge is 2.43. The van der Waals surface area contributed by atoms with Gasteiger partial charge in [-0.15, -0.1) is 0 Å². The van der Waals surface area contributed by atoms with E-state index >= 15 is 0 Å². The van der Waals surface area contributed by atoms with E-state index in [0.29, 0.717) is 28.1 Å². The molecule has 1 atom stereocenters. The van der Waals surface area contributed by atoms with Gasteiger partial charge in [-0.2, -0.15) is 13.2 Å². The molecule has 0 spiro atoms. The molecule has 0 bridgehead atoms. The van der Waals surface area contributed by atoms with E-state index < -0.39 is 46.4 Å². The number of hydrogen-bond donors (Lipinski definition) is 3. The summed E-state index contributed by atoms with van der Waals surface area (Å²) in [4.78, 5) is 46.8. The highest BCUT2D eigenvalue weighted by Crippen LogP contribution is 2.31. The van der Waals surface area contributed by atoms with E-state index in [1.54, 1.807) is 36.5 Å². The van der Waals surface area contributed by atoms with Crippen LogP contribution in [-0.4, -0.2) is 64.4 Å². The second-order valence-electron chi connectivity index (χ2n) is 8.97. The average Bonchev–Trinajstić information content (AvgIpc) is 3.38. The summed E-state index contributed by atoms with van der Waals surface area (Å²) in [5.41, 5.74) is 1.82. The van der Waals surface area contributed by atoms with Gasteiger partial charge < -0.3 is 24.9 Å². The lowest BCUT2D eigenvalue weighted by Crippen LogP contribution is -2.38. The molecular weight excluding hydrogens is 597 g/mol. The summed E-state index contributed by atoms with van der Waals surface area (Å²) >= 11 is 0. The van der Waals surface area contributed by atoms with Crippen molar-refractivity contribution in [1.29, 1.82) is 0 Å². The smallest absolute Gasteiger partial charge is 0.478 e. The number of esters is 1. The van der Waals surface area contributed by atoms with E-state index in [2.05, 4.69) is 25.0 Å². The number of aliphatic carboxylic acids is 1. The molecular formula is C27H23F3N4O8S. The molecule has 1 amide bonds. The molecule has 43 heavy (non-hydrogen) atoms. The number of carbonyl (C=O) groups excluding carboxylic acids is 2. The third-order valence-corrected chi connectivity index (χ3v) is 7.72. The van der Waals surface area contributed by atoms with Crippen LogP contribution in [0.1, 0.15) is 18.9 Å². The quantitative estimate of drug-likeness (QED) is 0.209. The molecule has 3 N–H and O–H groups in total. The predicted octanol–water partition coefficient (Wildman–Crippen LogP) is 3.78. The number of fused-ring (bicyclic) bond motifs is 1. The van der Waals surface area contributed by atoms with Crippen molar-refractivity contribution in [2.24, 2.45) is 0 Å². The number of hydrogen-bond acceptors (Lipinski definition) is 9. The van der Waals surface area contributed by atoms with E-state index in [4.69, 9.17) is 9.84 Å². The summed E-state index contributed by atoms with van der Waals surface area (Å²) in [6.45, 7) is 1.22. The summed E-state index contributed by atoms with van der Waals surface area (Å²) in [6.07, 6.45) is -7.32. The number of benzene rings is 2. The second kappa shape index (κ2) is 12.5. The number of H-pyrrole nitrogens is 1. The first-order valence-corrected chi connectivity index (χ1v) is 14.1. The van der Waals surface area contributed by atoms with Gasteiger partial charge in [0.2, 0.25) is 12.0 Å². The fraction of sp³-hybridized carbons (Fsp3) is 0.222. The number of halogens is 3. The molecule has 2 aromatic carbocycles. The SMILES string of the molecule is CCS(=O)(=O)c1ccc(Oc2cc3nc(-c4ccccn4)[nH]c3cc2CNC(=O)CC(OC(=O)C(F)(F)F)C(=O)O)cc1. The van der Waals surface area contributed by atoms with Crippen molar-refractivity contribution >= 4 is 38.7 Å². The van der Waals surface area contributed by atoms with Crippen LogP contribution in [0.3, 0.4) is 0 Å². The third-order valence-electron chi connectivity index (χ3n) is 5.97. The molecule has 0 aliphatic heterocycles. The standard InChI is InChI=1S/C27H23F3N4O8S/c1-2-43(39,40)17-8-6-16(7-9-17)41-21-12-20-19(33-24(34-20)18-5-3-4-10-31-18)11-15(21)14-32-23(35)13-22(25(36)37)42-26(38)27(28,29)30/h3-12,22H,2,13-14H2,1H3,(H,32,35)(H,33,34)(H,36,37). The molecule has 4 rings (SSSR count). The topological polar surface area (TPSA) is 178 Å². The fourth-order valence-electron chi connectivity index (χ4n) is 3.76. The van der Waals surface area contributed by atoms with E-state index in [9.17, 15) is 36.0 Å². The number of rotatable bonds is 11. The van der Waals surface area contributed by atoms with Crippen LogP contribution in [0.2, 0.25) is 0 Å². The van der Waals surface area contributed by atoms with Gasteiger partial charge in [0.25, 0.3) is 0 Å². The molecule has 0 radical (unpaired) electrons. The van der Waals surface area contributed by atoms with Gasteiger partial charge in [0.1, 0.15) is 17.2 Å². The molecule has 1 unspecified atom stereocenters. The maximum atomic E-state index is 12.5. The first-order chi connectivity index (χ1) is 20.3. The molecule has 12 nitrogen and oxygen atoms in total. The number of carbonyl (C=O) groups is 3. The Morgan fingerprint density at radius 2 is 1.81 bits per heavy atom. The summed E-state index contributed by atoms with van der Waals surface area (Å²) in [5.74, 6) is -4.96. The van der Waals surface area contributed by atoms with Gasteiger partial charge in [-0.3, -0.25) is 9.78 Å². The molecule has 0 aliphatic carbocycles. The van der Waals surface area contributed by atoms with Crippen LogP contribution in [-0.2, 0) is 35.5 Å². The Balaban J connectivity index is 1.60. The lowest BCUT2D eigenvalue weighted by molar-refractivity contribution is -0.207. The fourth-order valence-corrected chi connectivity index (χ4v) is 4.64. The van der Waals surface area contributed by atoms with Crippen molar-refractivity contribution < 1.29 is 50.6 Å². The average molecular weight is 621 g/mol. The van der Waals surface area contributed by atoms with Gasteiger partial charge in [-0.25, -0.2) is 23.0 Å². The Labute approximate surface area is 241 Å². The lowest BCUT2D eigenvalue weighted by atomic mass is 10.1. The highest BCUT2D eigenvalue weighted by atomic mass is 32.2. The number of aromatic nitrogens is 3. The second-order valence-corrected chi connectivity index (χ2v) is 11.2. The number of aromatic amines is 1. The zero-order valence-electron chi connectivity index (χ0n) is 22.2. The van der Waals surface area contributed by atoms with Crippen molar-refractivity contribution in [3.05, 3.63) is 66.4 Å². The van der Waals surface area contributed by atoms with E-state index in [1.807, 2.05) is 0 Å². The Morgan fingerprint density at radius 3 is 2.42 bits per heavy atom. The minimum atomic E-state index is -5.44. The van der Waals surface area contributed by atoms with Gasteiger partial charge >= 0.3 is 18.1 Å². The third kappa shape index (κ3) is 7.65. The van der Waals surface area contributed by atoms with Gasteiger partial charge in [0.05, 0.1) is 28.1 Å². The minimum absolute atomic E-state index is 0.0936. The molecule has 2 aromatic heterocycles. The van der Waals surface area contributed by atoms with E-state index in [-0.39, 0.29) is 28.7 Å². The van der Waals surface area contributed by atoms with Crippen molar-refractivity contribution in [3.8, 4) is 23.0 Å². The van der Waals surface area contributed by atoms with Crippen LogP contribution in [0.25, 0.3) is 22.6 Å². The van der Waals surface area contributed by atoms with Gasteiger partial charge in [0.15, 0.2) is 15.7 Å². The molecule has 0 saturated heterocycles. The first kappa shape index (κ1) is 31.0. The number of alkyl halides is 3. The number of carboxylic acid groups (broad SMARTS) is 1. The lowest BCUT2D eigenvalue weighted by Gasteiger charge is -2.16. The van der Waals surface area contributed by atoms with Gasteiger partial charge in [-0.05, 0) is 42.5 Å². The van der Waals surface area contributed by atoms with E-state index in [0.717, 1.165) is 0 Å². The Hall–Kier alpha value is -4.99. The zero-order chi connectivity index (χ0) is 31.4. The van der Waals surface area contributed by atoms with Gasteiger partial charge in [-0.1, -0.05) is 13.0 Å². The number of nitrogens with one attached hydrogen (secondary N) is 2. The first-order valence-electron chi connectivity index (χ1n) is 12.5. The Bertz CT molecular complexity index is 1760. The van der Waals surface area contributed by atoms with Crippen molar-refractivity contribution in [2.45, 2.75) is 37.1 Å². The maximum Gasteiger partial charge on any atom is 0.490 e. The number of carboxylic acids is 1. The Kier molecular flexibility index (Phi) is 8.99. The number of ether oxygens (including phenoxy) is 2. The summed E-state index contributed by atoms with van der Waals surface area (Å²) in [7, 11) is -3.46. The number of pyridine rings is 1. The van der Waals surface area contributed by atoms with Crippen molar-refractivity contribution in [2.75, 3.05) is 5.75 Å². The van der Waals surface area contributed by atoms with Crippen molar-refractivity contribution in [1.82, 2.24) is 20.3 Å². The number of nitrogens with zero attached hydrogens (tertiary/aromatic N) is 2.